The number of alkyl halides is 2. The zero-order valence-electron chi connectivity index (χ0n) is 14.2. The lowest BCUT2D eigenvalue weighted by Gasteiger charge is -2.16. The van der Waals surface area contributed by atoms with Gasteiger partial charge in [0.1, 0.15) is 18.1 Å². The fourth-order valence-corrected chi connectivity index (χ4v) is 2.87. The molecule has 0 N–H and O–H groups in total. The SMILES string of the molecule is CCCCCCOCCOC(=O)c1c(C(F)F)nc2n1CCCC2. The molecule has 0 bridgehead atoms. The van der Waals surface area contributed by atoms with Crippen LogP contribution in [0.3, 0.4) is 0 Å². The Morgan fingerprint density at radius 1 is 1.21 bits per heavy atom. The molecule has 1 aromatic rings. The van der Waals surface area contributed by atoms with E-state index in [1.807, 2.05) is 0 Å². The van der Waals surface area contributed by atoms with Crippen LogP contribution in [0, 0.1) is 0 Å². The summed E-state index contributed by atoms with van der Waals surface area (Å²) in [6.45, 7) is 3.65. The van der Waals surface area contributed by atoms with Gasteiger partial charge in [-0.2, -0.15) is 0 Å². The smallest absolute Gasteiger partial charge is 0.357 e. The Kier molecular flexibility index (Phi) is 7.62. The van der Waals surface area contributed by atoms with E-state index in [1.54, 1.807) is 4.57 Å². The molecule has 0 saturated heterocycles. The number of rotatable bonds is 10. The minimum absolute atomic E-state index is 0.0653. The second-order valence-corrected chi connectivity index (χ2v) is 5.98. The number of fused-ring (bicyclic) bond motifs is 1. The zero-order chi connectivity index (χ0) is 17.4. The maximum absolute atomic E-state index is 13.2. The molecule has 0 atom stereocenters. The molecule has 136 valence electrons. The quantitative estimate of drug-likeness (QED) is 0.477. The topological polar surface area (TPSA) is 53.4 Å². The number of imidazole rings is 1. The summed E-state index contributed by atoms with van der Waals surface area (Å²) in [5, 5.41) is 0. The van der Waals surface area contributed by atoms with Crippen molar-refractivity contribution in [1.29, 1.82) is 0 Å². The molecule has 0 fully saturated rings. The Morgan fingerprint density at radius 3 is 2.79 bits per heavy atom. The molecule has 7 heteroatoms. The van der Waals surface area contributed by atoms with E-state index in [0.29, 0.717) is 25.4 Å². The van der Waals surface area contributed by atoms with Crippen molar-refractivity contribution < 1.29 is 23.0 Å². The first kappa shape index (κ1) is 18.8. The van der Waals surface area contributed by atoms with Crippen LogP contribution in [0.15, 0.2) is 0 Å². The number of hydrogen-bond acceptors (Lipinski definition) is 4. The molecule has 0 radical (unpaired) electrons. The number of nitrogens with zero attached hydrogens (tertiary/aromatic N) is 2. The summed E-state index contributed by atoms with van der Waals surface area (Å²) in [5.74, 6) is -0.184. The lowest BCUT2D eigenvalue weighted by molar-refractivity contribution is 0.0292. The van der Waals surface area contributed by atoms with Gasteiger partial charge in [0.25, 0.3) is 6.43 Å². The Bertz CT molecular complexity index is 532. The average Bonchev–Trinajstić information content (AvgIpc) is 2.97. The van der Waals surface area contributed by atoms with Crippen molar-refractivity contribution in [2.24, 2.45) is 0 Å². The van der Waals surface area contributed by atoms with Gasteiger partial charge >= 0.3 is 5.97 Å². The maximum Gasteiger partial charge on any atom is 0.357 e. The lowest BCUT2D eigenvalue weighted by atomic mass is 10.1. The minimum atomic E-state index is -2.78. The molecular weight excluding hydrogens is 318 g/mol. The van der Waals surface area contributed by atoms with Gasteiger partial charge < -0.3 is 14.0 Å². The average molecular weight is 344 g/mol. The second kappa shape index (κ2) is 9.71. The number of unbranched alkanes of at least 4 members (excludes halogenated alkanes) is 3. The van der Waals surface area contributed by atoms with E-state index < -0.39 is 18.1 Å². The van der Waals surface area contributed by atoms with Crippen LogP contribution >= 0.6 is 0 Å². The number of carbonyl (C=O) groups excluding carboxylic acids is 1. The molecule has 0 aliphatic carbocycles. The van der Waals surface area contributed by atoms with E-state index in [1.165, 1.54) is 12.8 Å². The van der Waals surface area contributed by atoms with Crippen LogP contribution in [0.4, 0.5) is 8.78 Å². The zero-order valence-corrected chi connectivity index (χ0v) is 14.2. The molecule has 1 aliphatic heterocycles. The van der Waals surface area contributed by atoms with Gasteiger partial charge in [0, 0.05) is 19.6 Å². The Hall–Kier alpha value is -1.50. The third-order valence-corrected chi connectivity index (χ3v) is 4.11. The van der Waals surface area contributed by atoms with Gasteiger partial charge in [-0.05, 0) is 19.3 Å². The Morgan fingerprint density at radius 2 is 2.04 bits per heavy atom. The summed E-state index contributed by atoms with van der Waals surface area (Å²) in [6.07, 6.45) is 4.05. The molecule has 0 aromatic carbocycles. The van der Waals surface area contributed by atoms with Crippen LogP contribution in [-0.2, 0) is 22.4 Å². The van der Waals surface area contributed by atoms with Gasteiger partial charge in [0.05, 0.1) is 6.61 Å². The van der Waals surface area contributed by atoms with E-state index >= 15 is 0 Å². The summed E-state index contributed by atoms with van der Waals surface area (Å²) < 4.78 is 38.4. The van der Waals surface area contributed by atoms with Gasteiger partial charge in [0.15, 0.2) is 5.69 Å². The van der Waals surface area contributed by atoms with Crippen LogP contribution in [0.25, 0.3) is 0 Å². The van der Waals surface area contributed by atoms with Crippen molar-refractivity contribution in [3.8, 4) is 0 Å². The Balaban J connectivity index is 1.83. The van der Waals surface area contributed by atoms with E-state index in [2.05, 4.69) is 11.9 Å². The van der Waals surface area contributed by atoms with Gasteiger partial charge in [-0.3, -0.25) is 0 Å². The first-order valence-electron chi connectivity index (χ1n) is 8.77. The molecule has 24 heavy (non-hydrogen) atoms. The van der Waals surface area contributed by atoms with Gasteiger partial charge in [-0.15, -0.1) is 0 Å². The van der Waals surface area contributed by atoms with E-state index in [4.69, 9.17) is 9.47 Å². The lowest BCUT2D eigenvalue weighted by Crippen LogP contribution is -2.20. The number of esters is 1. The molecule has 0 unspecified atom stereocenters. The molecular formula is C17H26F2N2O3. The normalized spacial score (nSPS) is 14.0. The molecule has 1 aliphatic rings. The van der Waals surface area contributed by atoms with Crippen molar-refractivity contribution >= 4 is 5.97 Å². The highest BCUT2D eigenvalue weighted by Gasteiger charge is 2.30. The van der Waals surface area contributed by atoms with Gasteiger partial charge in [0.2, 0.25) is 0 Å². The first-order valence-corrected chi connectivity index (χ1v) is 8.77. The fourth-order valence-electron chi connectivity index (χ4n) is 2.87. The molecule has 0 amide bonds. The van der Waals surface area contributed by atoms with Crippen molar-refractivity contribution in [2.75, 3.05) is 19.8 Å². The van der Waals surface area contributed by atoms with Crippen molar-refractivity contribution in [3.05, 3.63) is 17.2 Å². The van der Waals surface area contributed by atoms with Crippen LogP contribution < -0.4 is 0 Å². The predicted molar refractivity (Wildman–Crippen MR) is 85.4 cm³/mol. The third-order valence-electron chi connectivity index (χ3n) is 4.11. The summed E-state index contributed by atoms with van der Waals surface area (Å²) in [4.78, 5) is 16.1. The van der Waals surface area contributed by atoms with E-state index in [-0.39, 0.29) is 18.9 Å². The standard InChI is InChI=1S/C17H26F2N2O3/c1-2-3-4-7-10-23-11-12-24-17(22)15-14(16(18)19)20-13-8-5-6-9-21(13)15/h16H,2-12H2,1H3. The number of halogens is 2. The minimum Gasteiger partial charge on any atom is -0.459 e. The number of carbonyl (C=O) groups is 1. The predicted octanol–water partition coefficient (Wildman–Crippen LogP) is 3.91. The van der Waals surface area contributed by atoms with Crippen molar-refractivity contribution in [1.82, 2.24) is 9.55 Å². The van der Waals surface area contributed by atoms with Crippen LogP contribution in [-0.4, -0.2) is 35.3 Å². The summed E-state index contributed by atoms with van der Waals surface area (Å²) in [5.41, 5.74) is -0.556. The molecule has 0 spiro atoms. The number of ether oxygens (including phenoxy) is 2. The van der Waals surface area contributed by atoms with E-state index in [0.717, 1.165) is 25.7 Å². The van der Waals surface area contributed by atoms with Gasteiger partial charge in [-0.25, -0.2) is 18.6 Å². The van der Waals surface area contributed by atoms with Crippen molar-refractivity contribution in [2.45, 2.75) is 64.8 Å². The third kappa shape index (κ3) is 5.00. The first-order chi connectivity index (χ1) is 11.6. The Labute approximate surface area is 141 Å². The highest BCUT2D eigenvalue weighted by molar-refractivity contribution is 5.89. The monoisotopic (exact) mass is 344 g/mol. The molecule has 1 aromatic heterocycles. The van der Waals surface area contributed by atoms with Crippen LogP contribution in [0.5, 0.6) is 0 Å². The number of aryl methyl sites for hydroxylation is 1. The van der Waals surface area contributed by atoms with Crippen LogP contribution in [0.2, 0.25) is 0 Å². The van der Waals surface area contributed by atoms with E-state index in [9.17, 15) is 13.6 Å². The summed E-state index contributed by atoms with van der Waals surface area (Å²) >= 11 is 0. The molecule has 2 heterocycles. The number of hydrogen-bond donors (Lipinski definition) is 0. The van der Waals surface area contributed by atoms with Crippen LogP contribution in [0.1, 0.15) is 73.9 Å². The highest BCUT2D eigenvalue weighted by atomic mass is 19.3. The maximum atomic E-state index is 13.2. The van der Waals surface area contributed by atoms with Gasteiger partial charge in [-0.1, -0.05) is 26.2 Å². The largest absolute Gasteiger partial charge is 0.459 e. The molecule has 0 saturated carbocycles. The molecule has 5 nitrogen and oxygen atoms in total. The molecule has 2 rings (SSSR count). The number of aromatic nitrogens is 2. The second-order valence-electron chi connectivity index (χ2n) is 5.98. The fraction of sp³-hybridized carbons (Fsp3) is 0.765. The van der Waals surface area contributed by atoms with Crippen molar-refractivity contribution in [3.63, 3.8) is 0 Å². The highest BCUT2D eigenvalue weighted by Crippen LogP contribution is 2.27. The summed E-state index contributed by atoms with van der Waals surface area (Å²) in [6, 6.07) is 0. The summed E-state index contributed by atoms with van der Waals surface area (Å²) in [7, 11) is 0.